The van der Waals surface area contributed by atoms with Crippen LogP contribution >= 0.6 is 0 Å². The van der Waals surface area contributed by atoms with Crippen LogP contribution in [-0.4, -0.2) is 36.1 Å². The Kier molecular flexibility index (Phi) is 4.11. The van der Waals surface area contributed by atoms with Crippen molar-refractivity contribution in [3.63, 3.8) is 0 Å². The first-order chi connectivity index (χ1) is 7.62. The van der Waals surface area contributed by atoms with Crippen LogP contribution in [0.4, 0.5) is 13.2 Å². The van der Waals surface area contributed by atoms with Gasteiger partial charge in [-0.15, -0.1) is 0 Å². The minimum atomic E-state index is -4.27. The van der Waals surface area contributed by atoms with E-state index in [1.54, 1.807) is 0 Å². The van der Waals surface area contributed by atoms with E-state index < -0.39 is 23.2 Å². The average molecular weight is 255 g/mol. The van der Waals surface area contributed by atoms with E-state index in [1.165, 1.54) is 14.0 Å². The molecule has 17 heavy (non-hydrogen) atoms. The number of hydrogen-bond acceptors (Lipinski definition) is 3. The van der Waals surface area contributed by atoms with Crippen molar-refractivity contribution in [2.75, 3.05) is 13.7 Å². The molecular formula is C11H20F3NO2. The average Bonchev–Trinajstić information content (AvgIpc) is 2.16. The van der Waals surface area contributed by atoms with Gasteiger partial charge in [-0.2, -0.15) is 13.2 Å². The van der Waals surface area contributed by atoms with Gasteiger partial charge in [0.2, 0.25) is 0 Å². The van der Waals surface area contributed by atoms with Gasteiger partial charge >= 0.3 is 6.18 Å². The number of halogens is 3. The van der Waals surface area contributed by atoms with E-state index in [4.69, 9.17) is 10.5 Å². The van der Waals surface area contributed by atoms with Crippen molar-refractivity contribution in [1.82, 2.24) is 0 Å². The van der Waals surface area contributed by atoms with Crippen LogP contribution in [-0.2, 0) is 4.74 Å². The molecule has 1 rings (SSSR count). The summed E-state index contributed by atoms with van der Waals surface area (Å²) < 4.78 is 42.9. The number of methoxy groups -OCH3 is 1. The minimum Gasteiger partial charge on any atom is -0.388 e. The highest BCUT2D eigenvalue weighted by atomic mass is 19.4. The number of hydrogen-bond donors (Lipinski definition) is 2. The lowest BCUT2D eigenvalue weighted by Crippen LogP contribution is -2.63. The van der Waals surface area contributed by atoms with Gasteiger partial charge in [-0.05, 0) is 32.6 Å². The zero-order valence-corrected chi connectivity index (χ0v) is 10.2. The van der Waals surface area contributed by atoms with Gasteiger partial charge in [0.15, 0.2) is 0 Å². The smallest absolute Gasteiger partial charge is 0.388 e. The predicted molar refractivity (Wildman–Crippen MR) is 57.4 cm³/mol. The minimum absolute atomic E-state index is 0.0358. The van der Waals surface area contributed by atoms with Crippen LogP contribution in [0, 0.1) is 5.92 Å². The molecule has 3 unspecified atom stereocenters. The number of aliphatic hydroxyl groups is 1. The fourth-order valence-corrected chi connectivity index (χ4v) is 2.48. The van der Waals surface area contributed by atoms with E-state index in [0.29, 0.717) is 6.42 Å². The summed E-state index contributed by atoms with van der Waals surface area (Å²) in [5.41, 5.74) is 3.23. The molecule has 1 aliphatic rings. The third-order valence-corrected chi connectivity index (χ3v) is 3.70. The van der Waals surface area contributed by atoms with Crippen LogP contribution in [0.2, 0.25) is 0 Å². The third-order valence-electron chi connectivity index (χ3n) is 3.70. The summed E-state index contributed by atoms with van der Waals surface area (Å²) in [6.07, 6.45) is -3.92. The zero-order chi connectivity index (χ0) is 13.3. The van der Waals surface area contributed by atoms with Gasteiger partial charge in [0.25, 0.3) is 0 Å². The standard InChI is InChI=1S/C11H20F3NO2/c1-9(15,7-17-2)10(16)5-3-4-8(6-10)11(12,13)14/h8,16H,3-7,15H2,1-2H3. The highest BCUT2D eigenvalue weighted by molar-refractivity contribution is 5.04. The molecule has 1 fully saturated rings. The van der Waals surface area contributed by atoms with Gasteiger partial charge in [-0.25, -0.2) is 0 Å². The van der Waals surface area contributed by atoms with E-state index >= 15 is 0 Å². The van der Waals surface area contributed by atoms with Gasteiger partial charge in [0.1, 0.15) is 0 Å². The fourth-order valence-electron chi connectivity index (χ4n) is 2.48. The maximum absolute atomic E-state index is 12.7. The predicted octanol–water partition coefficient (Wildman–Crippen LogP) is 1.83. The molecular weight excluding hydrogens is 235 g/mol. The van der Waals surface area contributed by atoms with Crippen molar-refractivity contribution in [1.29, 1.82) is 0 Å². The summed E-state index contributed by atoms with van der Waals surface area (Å²) in [6.45, 7) is 1.57. The number of alkyl halides is 3. The van der Waals surface area contributed by atoms with Gasteiger partial charge in [-0.3, -0.25) is 0 Å². The lowest BCUT2D eigenvalue weighted by molar-refractivity contribution is -0.209. The Balaban J connectivity index is 2.83. The Morgan fingerprint density at radius 1 is 1.47 bits per heavy atom. The SMILES string of the molecule is COCC(C)(N)C1(O)CCCC(C(F)(F)F)C1. The van der Waals surface area contributed by atoms with Crippen molar-refractivity contribution >= 4 is 0 Å². The molecule has 1 saturated carbocycles. The molecule has 3 N–H and O–H groups in total. The summed E-state index contributed by atoms with van der Waals surface area (Å²) in [6, 6.07) is 0. The third kappa shape index (κ3) is 3.11. The van der Waals surface area contributed by atoms with Crippen LogP contribution in [0.15, 0.2) is 0 Å². The molecule has 3 atom stereocenters. The summed E-state index contributed by atoms with van der Waals surface area (Å²) in [7, 11) is 1.42. The maximum Gasteiger partial charge on any atom is 0.391 e. The first-order valence-electron chi connectivity index (χ1n) is 5.69. The Bertz CT molecular complexity index is 268. The number of rotatable bonds is 3. The van der Waals surface area contributed by atoms with Crippen molar-refractivity contribution < 1.29 is 23.0 Å². The highest BCUT2D eigenvalue weighted by Gasteiger charge is 2.53. The lowest BCUT2D eigenvalue weighted by Gasteiger charge is -2.47. The van der Waals surface area contributed by atoms with Gasteiger partial charge in [0.05, 0.1) is 23.7 Å². The summed E-state index contributed by atoms with van der Waals surface area (Å²) >= 11 is 0. The fraction of sp³-hybridized carbons (Fsp3) is 1.00. The van der Waals surface area contributed by atoms with Crippen LogP contribution in [0.3, 0.4) is 0 Å². The maximum atomic E-state index is 12.7. The molecule has 0 aromatic rings. The van der Waals surface area contributed by atoms with Gasteiger partial charge < -0.3 is 15.6 Å². The normalized spacial score (nSPS) is 34.4. The van der Waals surface area contributed by atoms with Gasteiger partial charge in [0, 0.05) is 7.11 Å². The topological polar surface area (TPSA) is 55.5 Å². The molecule has 0 bridgehead atoms. The second-order valence-corrected chi connectivity index (χ2v) is 5.22. The molecule has 1 aliphatic carbocycles. The van der Waals surface area contributed by atoms with Crippen LogP contribution in [0.1, 0.15) is 32.6 Å². The quantitative estimate of drug-likeness (QED) is 0.809. The molecule has 0 radical (unpaired) electrons. The summed E-state index contributed by atoms with van der Waals surface area (Å²) in [5, 5.41) is 10.4. The molecule has 0 aromatic heterocycles. The molecule has 6 heteroatoms. The Hall–Kier alpha value is -0.330. The molecule has 3 nitrogen and oxygen atoms in total. The molecule has 0 saturated heterocycles. The zero-order valence-electron chi connectivity index (χ0n) is 10.2. The molecule has 0 aliphatic heterocycles. The van der Waals surface area contributed by atoms with Crippen molar-refractivity contribution in [2.24, 2.45) is 11.7 Å². The van der Waals surface area contributed by atoms with Gasteiger partial charge in [-0.1, -0.05) is 0 Å². The van der Waals surface area contributed by atoms with Crippen LogP contribution < -0.4 is 5.73 Å². The lowest BCUT2D eigenvalue weighted by atomic mass is 9.68. The first kappa shape index (κ1) is 14.7. The van der Waals surface area contributed by atoms with Crippen molar-refractivity contribution in [2.45, 2.75) is 49.9 Å². The number of nitrogens with two attached hydrogens (primary N) is 1. The monoisotopic (exact) mass is 255 g/mol. The Morgan fingerprint density at radius 3 is 2.53 bits per heavy atom. The molecule has 0 aromatic carbocycles. The van der Waals surface area contributed by atoms with E-state index in [-0.39, 0.29) is 25.9 Å². The summed E-state index contributed by atoms with van der Waals surface area (Å²) in [5.74, 6) is -1.47. The molecule has 102 valence electrons. The van der Waals surface area contributed by atoms with E-state index in [2.05, 4.69) is 0 Å². The van der Waals surface area contributed by atoms with Crippen molar-refractivity contribution in [3.8, 4) is 0 Å². The molecule has 0 heterocycles. The first-order valence-corrected chi connectivity index (χ1v) is 5.69. The number of ether oxygens (including phenoxy) is 1. The van der Waals surface area contributed by atoms with Crippen LogP contribution in [0.25, 0.3) is 0 Å². The molecule has 0 spiro atoms. The Morgan fingerprint density at radius 2 is 2.06 bits per heavy atom. The summed E-state index contributed by atoms with van der Waals surface area (Å²) in [4.78, 5) is 0. The van der Waals surface area contributed by atoms with Crippen LogP contribution in [0.5, 0.6) is 0 Å². The second kappa shape index (κ2) is 4.74. The van der Waals surface area contributed by atoms with E-state index in [0.717, 1.165) is 0 Å². The molecule has 0 amide bonds. The second-order valence-electron chi connectivity index (χ2n) is 5.22. The largest absolute Gasteiger partial charge is 0.391 e. The Labute approximate surface area is 99.1 Å². The van der Waals surface area contributed by atoms with E-state index in [1.807, 2.05) is 0 Å². The van der Waals surface area contributed by atoms with E-state index in [9.17, 15) is 18.3 Å². The highest BCUT2D eigenvalue weighted by Crippen LogP contribution is 2.45. The van der Waals surface area contributed by atoms with Crippen molar-refractivity contribution in [3.05, 3.63) is 0 Å².